The summed E-state index contributed by atoms with van der Waals surface area (Å²) in [5, 5.41) is 8.64. The number of carbonyl (C=O) groups is 1. The van der Waals surface area contributed by atoms with Crippen LogP contribution in [0.25, 0.3) is 0 Å². The van der Waals surface area contributed by atoms with Gasteiger partial charge in [-0.2, -0.15) is 0 Å². The smallest absolute Gasteiger partial charge is 0.356 e. The summed E-state index contributed by atoms with van der Waals surface area (Å²) in [5.74, 6) is -1.23. The van der Waals surface area contributed by atoms with Crippen LogP contribution in [-0.2, 0) is 4.79 Å². The van der Waals surface area contributed by atoms with Crippen molar-refractivity contribution in [3.05, 3.63) is 42.0 Å². The van der Waals surface area contributed by atoms with Crippen LogP contribution in [0.1, 0.15) is 5.69 Å². The summed E-state index contributed by atoms with van der Waals surface area (Å²) in [7, 11) is 0. The second kappa shape index (κ2) is 4.75. The normalized spacial score (nSPS) is 12.5. The lowest BCUT2D eigenvalue weighted by Crippen LogP contribution is -2.17. The van der Waals surface area contributed by atoms with Crippen LogP contribution < -0.4 is 11.5 Å². The maximum atomic E-state index is 10.6. The van der Waals surface area contributed by atoms with Gasteiger partial charge in [-0.15, -0.1) is 0 Å². The summed E-state index contributed by atoms with van der Waals surface area (Å²) >= 11 is 0. The van der Waals surface area contributed by atoms with Crippen molar-refractivity contribution < 1.29 is 9.90 Å². The molecule has 1 aromatic rings. The molecule has 15 heavy (non-hydrogen) atoms. The lowest BCUT2D eigenvalue weighted by molar-refractivity contribution is -0.132. The van der Waals surface area contributed by atoms with E-state index in [9.17, 15) is 4.79 Å². The highest BCUT2D eigenvalue weighted by Gasteiger charge is 2.06. The van der Waals surface area contributed by atoms with Gasteiger partial charge in [0, 0.05) is 12.4 Å². The molecular formula is C9H10N4O2. The molecule has 0 aliphatic carbocycles. The molecule has 0 spiro atoms. The zero-order valence-electron chi connectivity index (χ0n) is 7.79. The fourth-order valence-electron chi connectivity index (χ4n) is 0.858. The van der Waals surface area contributed by atoms with E-state index in [-0.39, 0.29) is 11.5 Å². The summed E-state index contributed by atoms with van der Waals surface area (Å²) in [6.45, 7) is 0. The Bertz CT molecular complexity index is 411. The van der Waals surface area contributed by atoms with Gasteiger partial charge in [0.05, 0.1) is 0 Å². The third kappa shape index (κ3) is 2.80. The molecular weight excluding hydrogens is 196 g/mol. The minimum absolute atomic E-state index is 0.00898. The van der Waals surface area contributed by atoms with E-state index in [1.165, 1.54) is 6.20 Å². The van der Waals surface area contributed by atoms with Gasteiger partial charge in [-0.05, 0) is 12.1 Å². The summed E-state index contributed by atoms with van der Waals surface area (Å²) in [5.41, 5.74) is 10.7. The molecule has 0 amide bonds. The van der Waals surface area contributed by atoms with E-state index in [0.717, 1.165) is 6.20 Å². The molecule has 0 aliphatic rings. The molecule has 0 saturated heterocycles. The zero-order chi connectivity index (χ0) is 11.3. The molecule has 0 unspecified atom stereocenters. The number of pyridine rings is 1. The molecule has 0 aromatic carbocycles. The van der Waals surface area contributed by atoms with Gasteiger partial charge in [0.15, 0.2) is 5.70 Å². The molecule has 0 bridgehead atoms. The summed E-state index contributed by atoms with van der Waals surface area (Å²) in [6.07, 6.45) is 2.41. The van der Waals surface area contributed by atoms with Crippen molar-refractivity contribution in [3.63, 3.8) is 0 Å². The topological polar surface area (TPSA) is 115 Å². The van der Waals surface area contributed by atoms with Crippen LogP contribution in [0.4, 0.5) is 0 Å². The van der Waals surface area contributed by atoms with Gasteiger partial charge in [-0.25, -0.2) is 9.79 Å². The highest BCUT2D eigenvalue weighted by molar-refractivity contribution is 5.99. The van der Waals surface area contributed by atoms with Crippen LogP contribution >= 0.6 is 0 Å². The number of aliphatic carboxylic acids is 1. The number of carboxylic acid groups (broad SMARTS) is 1. The Morgan fingerprint density at radius 2 is 2.27 bits per heavy atom. The van der Waals surface area contributed by atoms with Crippen LogP contribution in [0.15, 0.2) is 41.3 Å². The first kappa shape index (κ1) is 10.7. The number of hydrogen-bond acceptors (Lipinski definition) is 4. The number of amidine groups is 1. The van der Waals surface area contributed by atoms with E-state index >= 15 is 0 Å². The number of aromatic nitrogens is 1. The minimum atomic E-state index is -1.24. The van der Waals surface area contributed by atoms with Gasteiger partial charge in [0.25, 0.3) is 0 Å². The Balaban J connectivity index is 2.99. The Morgan fingerprint density at radius 1 is 1.53 bits per heavy atom. The van der Waals surface area contributed by atoms with Gasteiger partial charge in [-0.3, -0.25) is 4.98 Å². The van der Waals surface area contributed by atoms with Crippen LogP contribution in [0.5, 0.6) is 0 Å². The highest BCUT2D eigenvalue weighted by Crippen LogP contribution is 1.99. The molecule has 1 heterocycles. The molecule has 0 fully saturated rings. The molecule has 0 aliphatic heterocycles. The lowest BCUT2D eigenvalue weighted by Gasteiger charge is -1.99. The Morgan fingerprint density at radius 3 is 2.73 bits per heavy atom. The van der Waals surface area contributed by atoms with Crippen LogP contribution in [0.2, 0.25) is 0 Å². The predicted octanol–water partition coefficient (Wildman–Crippen LogP) is -0.328. The average molecular weight is 206 g/mol. The van der Waals surface area contributed by atoms with Crippen molar-refractivity contribution in [2.24, 2.45) is 16.5 Å². The summed E-state index contributed by atoms with van der Waals surface area (Å²) in [6, 6.07) is 5.06. The van der Waals surface area contributed by atoms with Crippen molar-refractivity contribution in [2.45, 2.75) is 0 Å². The second-order valence-electron chi connectivity index (χ2n) is 2.57. The van der Waals surface area contributed by atoms with Crippen molar-refractivity contribution in [2.75, 3.05) is 0 Å². The SMILES string of the molecule is N/C=C(\N=C(N)c1ccccn1)C(=O)O. The van der Waals surface area contributed by atoms with Crippen molar-refractivity contribution in [1.82, 2.24) is 4.98 Å². The third-order valence-electron chi connectivity index (χ3n) is 1.55. The van der Waals surface area contributed by atoms with Gasteiger partial charge in [-0.1, -0.05) is 6.07 Å². The fourth-order valence-corrected chi connectivity index (χ4v) is 0.858. The Kier molecular flexibility index (Phi) is 3.39. The third-order valence-corrected chi connectivity index (χ3v) is 1.55. The molecule has 0 saturated carbocycles. The van der Waals surface area contributed by atoms with Crippen LogP contribution in [0, 0.1) is 0 Å². The lowest BCUT2D eigenvalue weighted by atomic mass is 10.3. The number of carboxylic acids is 1. The average Bonchev–Trinajstić information content (AvgIpc) is 2.26. The molecule has 5 N–H and O–H groups in total. The number of rotatable bonds is 3. The quantitative estimate of drug-likeness (QED) is 0.356. The van der Waals surface area contributed by atoms with E-state index < -0.39 is 5.97 Å². The Labute approximate surface area is 86.0 Å². The fraction of sp³-hybridized carbons (Fsp3) is 0. The van der Waals surface area contributed by atoms with Gasteiger partial charge < -0.3 is 16.6 Å². The van der Waals surface area contributed by atoms with Gasteiger partial charge in [0.1, 0.15) is 11.5 Å². The van der Waals surface area contributed by atoms with Crippen LogP contribution in [0.3, 0.4) is 0 Å². The largest absolute Gasteiger partial charge is 0.476 e. The van der Waals surface area contributed by atoms with E-state index in [4.69, 9.17) is 16.6 Å². The van der Waals surface area contributed by atoms with Crippen LogP contribution in [-0.4, -0.2) is 21.9 Å². The highest BCUT2D eigenvalue weighted by atomic mass is 16.4. The summed E-state index contributed by atoms with van der Waals surface area (Å²) in [4.78, 5) is 18.1. The first-order valence-corrected chi connectivity index (χ1v) is 4.06. The van der Waals surface area contributed by atoms with Crippen molar-refractivity contribution >= 4 is 11.8 Å². The van der Waals surface area contributed by atoms with Gasteiger partial charge >= 0.3 is 5.97 Å². The molecule has 1 aromatic heterocycles. The second-order valence-corrected chi connectivity index (χ2v) is 2.57. The maximum absolute atomic E-state index is 10.6. The first-order valence-electron chi connectivity index (χ1n) is 4.06. The standard InChI is InChI=1S/C9H10N4O2/c10-5-7(9(14)15)13-8(11)6-3-1-2-4-12-6/h1-5H,10H2,(H2,11,13)(H,14,15)/b7-5-. The monoisotopic (exact) mass is 206 g/mol. The zero-order valence-corrected chi connectivity index (χ0v) is 7.79. The number of nitrogens with zero attached hydrogens (tertiary/aromatic N) is 2. The molecule has 0 atom stereocenters. The van der Waals surface area contributed by atoms with E-state index in [2.05, 4.69) is 9.98 Å². The van der Waals surface area contributed by atoms with Gasteiger partial charge in [0.2, 0.25) is 0 Å². The predicted molar refractivity (Wildman–Crippen MR) is 54.9 cm³/mol. The van der Waals surface area contributed by atoms with E-state index in [1.807, 2.05) is 0 Å². The van der Waals surface area contributed by atoms with E-state index in [1.54, 1.807) is 18.2 Å². The molecule has 1 rings (SSSR count). The van der Waals surface area contributed by atoms with E-state index in [0.29, 0.717) is 5.69 Å². The summed E-state index contributed by atoms with van der Waals surface area (Å²) < 4.78 is 0. The molecule has 6 nitrogen and oxygen atoms in total. The minimum Gasteiger partial charge on any atom is -0.476 e. The Hall–Kier alpha value is -2.37. The maximum Gasteiger partial charge on any atom is 0.356 e. The number of hydrogen-bond donors (Lipinski definition) is 3. The number of nitrogens with two attached hydrogens (primary N) is 2. The van der Waals surface area contributed by atoms with Crippen molar-refractivity contribution in [1.29, 1.82) is 0 Å². The first-order chi connectivity index (χ1) is 7.15. The van der Waals surface area contributed by atoms with Crippen molar-refractivity contribution in [3.8, 4) is 0 Å². The molecule has 78 valence electrons. The number of aliphatic imine (C=N–C) groups is 1. The molecule has 0 radical (unpaired) electrons. The molecule has 6 heteroatoms.